The van der Waals surface area contributed by atoms with Gasteiger partial charge in [-0.15, -0.1) is 0 Å². The molecule has 1 N–H and O–H groups in total. The summed E-state index contributed by atoms with van der Waals surface area (Å²) in [5, 5.41) is 9.47. The number of ether oxygens (including phenoxy) is 2. The summed E-state index contributed by atoms with van der Waals surface area (Å²) in [6.45, 7) is 0.0670. The number of rotatable bonds is 4. The van der Waals surface area contributed by atoms with Crippen molar-refractivity contribution in [3.8, 4) is 11.1 Å². The largest absolute Gasteiger partial charge is 0.480 e. The SMILES string of the molecule is O=C(O)C(C1=COCO1)c1cccc(-c2ccccc2)c1. The van der Waals surface area contributed by atoms with Crippen LogP contribution in [0.3, 0.4) is 0 Å². The second-order valence-electron chi connectivity index (χ2n) is 4.71. The Bertz CT molecular complexity index is 676. The lowest BCUT2D eigenvalue weighted by molar-refractivity contribution is -0.138. The first kappa shape index (κ1) is 13.2. The van der Waals surface area contributed by atoms with E-state index in [0.29, 0.717) is 11.3 Å². The Morgan fingerprint density at radius 1 is 1.05 bits per heavy atom. The Morgan fingerprint density at radius 3 is 2.48 bits per heavy atom. The van der Waals surface area contributed by atoms with Crippen LogP contribution < -0.4 is 0 Å². The topological polar surface area (TPSA) is 55.8 Å². The van der Waals surface area contributed by atoms with E-state index in [0.717, 1.165) is 11.1 Å². The van der Waals surface area contributed by atoms with Gasteiger partial charge < -0.3 is 14.6 Å². The highest BCUT2D eigenvalue weighted by molar-refractivity contribution is 5.80. The third kappa shape index (κ3) is 2.74. The zero-order valence-electron chi connectivity index (χ0n) is 11.2. The molecule has 0 radical (unpaired) electrons. The van der Waals surface area contributed by atoms with Crippen LogP contribution in [0.4, 0.5) is 0 Å². The Labute approximate surface area is 122 Å². The molecule has 1 unspecified atom stereocenters. The average molecular weight is 282 g/mol. The van der Waals surface area contributed by atoms with Crippen LogP contribution in [0, 0.1) is 0 Å². The molecule has 2 aromatic carbocycles. The normalized spacial score (nSPS) is 14.8. The van der Waals surface area contributed by atoms with Gasteiger partial charge >= 0.3 is 5.97 Å². The molecule has 0 aliphatic carbocycles. The predicted molar refractivity (Wildman–Crippen MR) is 77.4 cm³/mol. The van der Waals surface area contributed by atoms with Gasteiger partial charge in [-0.1, -0.05) is 48.5 Å². The van der Waals surface area contributed by atoms with Crippen molar-refractivity contribution < 1.29 is 19.4 Å². The van der Waals surface area contributed by atoms with Crippen LogP contribution in [0.1, 0.15) is 11.5 Å². The summed E-state index contributed by atoms with van der Waals surface area (Å²) >= 11 is 0. The highest BCUT2D eigenvalue weighted by Gasteiger charge is 2.29. The minimum absolute atomic E-state index is 0.0670. The van der Waals surface area contributed by atoms with Gasteiger partial charge in [-0.3, -0.25) is 4.79 Å². The molecule has 21 heavy (non-hydrogen) atoms. The van der Waals surface area contributed by atoms with Crippen LogP contribution >= 0.6 is 0 Å². The number of hydrogen-bond acceptors (Lipinski definition) is 3. The number of aliphatic carboxylic acids is 1. The third-order valence-electron chi connectivity index (χ3n) is 3.35. The van der Waals surface area contributed by atoms with Crippen LogP contribution in [0.25, 0.3) is 11.1 Å². The summed E-state index contributed by atoms with van der Waals surface area (Å²) in [5.41, 5.74) is 2.68. The van der Waals surface area contributed by atoms with Gasteiger partial charge in [0.25, 0.3) is 0 Å². The molecule has 106 valence electrons. The Balaban J connectivity index is 2.00. The van der Waals surface area contributed by atoms with Gasteiger partial charge in [-0.05, 0) is 22.8 Å². The molecule has 4 nitrogen and oxygen atoms in total. The second kappa shape index (κ2) is 5.71. The summed E-state index contributed by atoms with van der Waals surface area (Å²) in [7, 11) is 0. The van der Waals surface area contributed by atoms with Gasteiger partial charge in [-0.25, -0.2) is 0 Å². The molecule has 0 fully saturated rings. The van der Waals surface area contributed by atoms with E-state index in [1.165, 1.54) is 6.26 Å². The number of carboxylic acids is 1. The number of benzene rings is 2. The lowest BCUT2D eigenvalue weighted by Crippen LogP contribution is -2.14. The van der Waals surface area contributed by atoms with E-state index in [1.54, 1.807) is 6.07 Å². The summed E-state index contributed by atoms with van der Waals surface area (Å²) in [6.07, 6.45) is 1.37. The van der Waals surface area contributed by atoms with E-state index >= 15 is 0 Å². The first-order valence-electron chi connectivity index (χ1n) is 6.58. The van der Waals surface area contributed by atoms with Crippen molar-refractivity contribution in [2.24, 2.45) is 0 Å². The van der Waals surface area contributed by atoms with E-state index in [1.807, 2.05) is 48.5 Å². The van der Waals surface area contributed by atoms with Crippen molar-refractivity contribution >= 4 is 5.97 Å². The molecule has 4 heteroatoms. The van der Waals surface area contributed by atoms with E-state index in [4.69, 9.17) is 9.47 Å². The fraction of sp³-hybridized carbons (Fsp3) is 0.118. The van der Waals surface area contributed by atoms with Crippen molar-refractivity contribution in [3.05, 3.63) is 72.2 Å². The van der Waals surface area contributed by atoms with Gasteiger partial charge in [0.05, 0.1) is 0 Å². The molecule has 2 aromatic rings. The van der Waals surface area contributed by atoms with Crippen molar-refractivity contribution in [2.75, 3.05) is 6.79 Å². The van der Waals surface area contributed by atoms with Gasteiger partial charge in [0.2, 0.25) is 6.79 Å². The average Bonchev–Trinajstić information content (AvgIpc) is 3.02. The maximum atomic E-state index is 11.6. The molecule has 0 saturated carbocycles. The van der Waals surface area contributed by atoms with E-state index in [-0.39, 0.29) is 6.79 Å². The second-order valence-corrected chi connectivity index (χ2v) is 4.71. The Kier molecular flexibility index (Phi) is 3.60. The molecule has 1 aliphatic rings. The van der Waals surface area contributed by atoms with Gasteiger partial charge in [0, 0.05) is 0 Å². The third-order valence-corrected chi connectivity index (χ3v) is 3.35. The van der Waals surface area contributed by atoms with Crippen LogP contribution in [-0.4, -0.2) is 17.9 Å². The molecule has 3 rings (SSSR count). The number of carboxylic acid groups (broad SMARTS) is 1. The zero-order chi connectivity index (χ0) is 14.7. The summed E-state index contributed by atoms with van der Waals surface area (Å²) in [5.74, 6) is -1.49. The fourth-order valence-electron chi connectivity index (χ4n) is 2.36. The molecule has 0 bridgehead atoms. The van der Waals surface area contributed by atoms with Crippen molar-refractivity contribution in [3.63, 3.8) is 0 Å². The molecule has 1 aliphatic heterocycles. The van der Waals surface area contributed by atoms with Crippen molar-refractivity contribution in [2.45, 2.75) is 5.92 Å². The zero-order valence-corrected chi connectivity index (χ0v) is 11.2. The van der Waals surface area contributed by atoms with Crippen LogP contribution in [0.5, 0.6) is 0 Å². The highest BCUT2D eigenvalue weighted by atomic mass is 16.7. The minimum Gasteiger partial charge on any atom is -0.480 e. The lowest BCUT2D eigenvalue weighted by atomic mass is 9.94. The quantitative estimate of drug-likeness (QED) is 0.934. The first-order chi connectivity index (χ1) is 10.3. The molecular formula is C17H14O4. The summed E-state index contributed by atoms with van der Waals surface area (Å²) in [6, 6.07) is 17.3. The molecule has 0 amide bonds. The van der Waals surface area contributed by atoms with Gasteiger partial charge in [0.1, 0.15) is 12.2 Å². The van der Waals surface area contributed by atoms with Crippen molar-refractivity contribution in [1.29, 1.82) is 0 Å². The Hall–Kier alpha value is -2.75. The first-order valence-corrected chi connectivity index (χ1v) is 6.58. The van der Waals surface area contributed by atoms with Gasteiger partial charge in [-0.2, -0.15) is 0 Å². The molecule has 1 atom stereocenters. The lowest BCUT2D eigenvalue weighted by Gasteiger charge is -2.14. The summed E-state index contributed by atoms with van der Waals surface area (Å²) in [4.78, 5) is 11.6. The summed E-state index contributed by atoms with van der Waals surface area (Å²) < 4.78 is 10.2. The predicted octanol–water partition coefficient (Wildman–Crippen LogP) is 3.37. The van der Waals surface area contributed by atoms with E-state index in [2.05, 4.69) is 0 Å². The number of hydrogen-bond donors (Lipinski definition) is 1. The monoisotopic (exact) mass is 282 g/mol. The molecular weight excluding hydrogens is 268 g/mol. The standard InChI is InChI=1S/C17H14O4/c18-17(19)16(15-10-20-11-21-15)14-8-4-7-13(9-14)12-5-2-1-3-6-12/h1-10,16H,11H2,(H,18,19). The van der Waals surface area contributed by atoms with Crippen molar-refractivity contribution in [1.82, 2.24) is 0 Å². The molecule has 0 saturated heterocycles. The minimum atomic E-state index is -0.961. The molecule has 0 spiro atoms. The molecule has 1 heterocycles. The fourth-order valence-corrected chi connectivity index (χ4v) is 2.36. The maximum absolute atomic E-state index is 11.6. The molecule has 0 aromatic heterocycles. The van der Waals surface area contributed by atoms with Crippen LogP contribution in [0.2, 0.25) is 0 Å². The Morgan fingerprint density at radius 2 is 1.81 bits per heavy atom. The highest BCUT2D eigenvalue weighted by Crippen LogP contribution is 2.31. The number of carbonyl (C=O) groups is 1. The van der Waals surface area contributed by atoms with E-state index in [9.17, 15) is 9.90 Å². The van der Waals surface area contributed by atoms with Crippen LogP contribution in [-0.2, 0) is 14.3 Å². The smallest absolute Gasteiger partial charge is 0.318 e. The van der Waals surface area contributed by atoms with Gasteiger partial charge in [0.15, 0.2) is 5.76 Å². The van der Waals surface area contributed by atoms with E-state index < -0.39 is 11.9 Å². The maximum Gasteiger partial charge on any atom is 0.318 e. The van der Waals surface area contributed by atoms with Crippen LogP contribution in [0.15, 0.2) is 66.6 Å².